The van der Waals surface area contributed by atoms with Crippen LogP contribution in [0, 0.1) is 18.3 Å². The van der Waals surface area contributed by atoms with Crippen LogP contribution in [0.15, 0.2) is 45.6 Å². The maximum absolute atomic E-state index is 13.1. The number of aryl methyl sites for hydroxylation is 3. The Hall–Kier alpha value is -2.44. The first-order chi connectivity index (χ1) is 14.0. The topological polar surface area (TPSA) is 82.8 Å². The first-order valence-electron chi connectivity index (χ1n) is 10.3. The zero-order valence-corrected chi connectivity index (χ0v) is 16.8. The van der Waals surface area contributed by atoms with Gasteiger partial charge in [0.1, 0.15) is 11.3 Å². The van der Waals surface area contributed by atoms with Gasteiger partial charge in [0.15, 0.2) is 0 Å². The summed E-state index contributed by atoms with van der Waals surface area (Å²) < 4.78 is 5.49. The Morgan fingerprint density at radius 1 is 1.31 bits per heavy atom. The molecule has 2 N–H and O–H groups in total. The quantitative estimate of drug-likeness (QED) is 0.778. The van der Waals surface area contributed by atoms with E-state index in [4.69, 9.17) is 4.42 Å². The van der Waals surface area contributed by atoms with Gasteiger partial charge in [-0.25, -0.2) is 4.79 Å². The number of hydrogen-bond donors (Lipinski definition) is 2. The van der Waals surface area contributed by atoms with Crippen molar-refractivity contribution in [2.24, 2.45) is 11.3 Å². The van der Waals surface area contributed by atoms with Gasteiger partial charge in [0.2, 0.25) is 0 Å². The molecule has 3 heterocycles. The number of nitrogens with zero attached hydrogens (tertiary/aromatic N) is 1. The molecule has 2 aliphatic heterocycles. The molecule has 29 heavy (non-hydrogen) atoms. The van der Waals surface area contributed by atoms with Crippen molar-refractivity contribution in [2.45, 2.75) is 26.2 Å². The standard InChI is InChI=1S/C23H28N2O4/c1-16-10-19(9-5-8-17-6-3-2-4-7-17)29-22(28)20(16)21(27)25-12-18-11-24-13-23(18,14-25)15-26/h2-4,6-7,10,18,24,26H,5,8-9,11-15H2,1H3/t18-,23+/m0/s1. The Balaban J connectivity index is 1.45. The van der Waals surface area contributed by atoms with Gasteiger partial charge in [-0.3, -0.25) is 4.79 Å². The van der Waals surface area contributed by atoms with Gasteiger partial charge in [0, 0.05) is 38.0 Å². The molecule has 0 unspecified atom stereocenters. The third-order valence-corrected chi connectivity index (χ3v) is 6.43. The van der Waals surface area contributed by atoms with Crippen LogP contribution in [0.25, 0.3) is 0 Å². The van der Waals surface area contributed by atoms with E-state index in [2.05, 4.69) is 17.4 Å². The van der Waals surface area contributed by atoms with Gasteiger partial charge in [-0.1, -0.05) is 30.3 Å². The molecule has 2 aliphatic rings. The van der Waals surface area contributed by atoms with Crippen molar-refractivity contribution in [3.8, 4) is 0 Å². The minimum absolute atomic E-state index is 0.0440. The van der Waals surface area contributed by atoms with E-state index >= 15 is 0 Å². The number of aliphatic hydroxyl groups excluding tert-OH is 1. The van der Waals surface area contributed by atoms with Crippen molar-refractivity contribution in [3.63, 3.8) is 0 Å². The molecular weight excluding hydrogens is 368 g/mol. The number of carbonyl (C=O) groups excluding carboxylic acids is 1. The van der Waals surface area contributed by atoms with Gasteiger partial charge in [0.05, 0.1) is 6.61 Å². The minimum atomic E-state index is -0.557. The van der Waals surface area contributed by atoms with Crippen molar-refractivity contribution < 1.29 is 14.3 Å². The van der Waals surface area contributed by atoms with E-state index in [9.17, 15) is 14.7 Å². The zero-order valence-electron chi connectivity index (χ0n) is 16.8. The fourth-order valence-corrected chi connectivity index (χ4v) is 4.72. The summed E-state index contributed by atoms with van der Waals surface area (Å²) in [4.78, 5) is 27.4. The van der Waals surface area contributed by atoms with E-state index < -0.39 is 5.63 Å². The third kappa shape index (κ3) is 3.87. The Labute approximate surface area is 170 Å². The lowest BCUT2D eigenvalue weighted by atomic mass is 9.82. The van der Waals surface area contributed by atoms with Gasteiger partial charge >= 0.3 is 5.63 Å². The number of likely N-dealkylation sites (tertiary alicyclic amines) is 1. The van der Waals surface area contributed by atoms with Crippen LogP contribution >= 0.6 is 0 Å². The van der Waals surface area contributed by atoms with Crippen LogP contribution in [0.3, 0.4) is 0 Å². The molecule has 154 valence electrons. The molecule has 2 fully saturated rings. The molecule has 0 radical (unpaired) electrons. The normalized spacial score (nSPS) is 23.4. The Morgan fingerprint density at radius 3 is 2.79 bits per heavy atom. The number of aliphatic hydroxyl groups is 1. The van der Waals surface area contributed by atoms with Gasteiger partial charge in [-0.2, -0.15) is 0 Å². The molecule has 2 atom stereocenters. The fourth-order valence-electron chi connectivity index (χ4n) is 4.72. The summed E-state index contributed by atoms with van der Waals surface area (Å²) >= 11 is 0. The lowest BCUT2D eigenvalue weighted by molar-refractivity contribution is 0.0740. The molecule has 1 aromatic carbocycles. The summed E-state index contributed by atoms with van der Waals surface area (Å²) in [7, 11) is 0. The SMILES string of the molecule is Cc1cc(CCCc2ccccc2)oc(=O)c1C(=O)N1C[C@@H]2CNC[C@]2(CO)C1. The van der Waals surface area contributed by atoms with Crippen LogP contribution in [-0.2, 0) is 12.8 Å². The first-order valence-corrected chi connectivity index (χ1v) is 10.3. The highest BCUT2D eigenvalue weighted by molar-refractivity contribution is 5.95. The molecule has 0 spiro atoms. The van der Waals surface area contributed by atoms with E-state index in [1.807, 2.05) is 24.3 Å². The Kier molecular flexibility index (Phi) is 5.56. The van der Waals surface area contributed by atoms with Crippen LogP contribution < -0.4 is 10.9 Å². The molecule has 0 aliphatic carbocycles. The summed E-state index contributed by atoms with van der Waals surface area (Å²) in [6.07, 6.45) is 2.45. The monoisotopic (exact) mass is 396 g/mol. The second kappa shape index (κ2) is 8.13. The van der Waals surface area contributed by atoms with Gasteiger partial charge in [0.25, 0.3) is 5.91 Å². The average molecular weight is 396 g/mol. The van der Waals surface area contributed by atoms with Crippen LogP contribution in [0.5, 0.6) is 0 Å². The van der Waals surface area contributed by atoms with Crippen molar-refractivity contribution in [1.29, 1.82) is 0 Å². The molecule has 2 aromatic rings. The van der Waals surface area contributed by atoms with Crippen molar-refractivity contribution >= 4 is 5.91 Å². The van der Waals surface area contributed by atoms with Crippen molar-refractivity contribution in [2.75, 3.05) is 32.8 Å². The number of hydrogen-bond acceptors (Lipinski definition) is 5. The van der Waals surface area contributed by atoms with Crippen LogP contribution in [-0.4, -0.2) is 48.7 Å². The second-order valence-corrected chi connectivity index (χ2v) is 8.43. The van der Waals surface area contributed by atoms with E-state index in [0.717, 1.165) is 19.4 Å². The fraction of sp³-hybridized carbons (Fsp3) is 0.478. The van der Waals surface area contributed by atoms with Gasteiger partial charge < -0.3 is 19.7 Å². The van der Waals surface area contributed by atoms with Crippen molar-refractivity contribution in [1.82, 2.24) is 10.2 Å². The number of amides is 1. The number of carbonyl (C=O) groups is 1. The van der Waals surface area contributed by atoms with Crippen LogP contribution in [0.4, 0.5) is 0 Å². The maximum atomic E-state index is 13.1. The summed E-state index contributed by atoms with van der Waals surface area (Å²) in [6, 6.07) is 12.0. The van der Waals surface area contributed by atoms with Crippen molar-refractivity contribution in [3.05, 3.63) is 69.3 Å². The predicted octanol–water partition coefficient (Wildman–Crippen LogP) is 1.78. The maximum Gasteiger partial charge on any atom is 0.349 e. The highest BCUT2D eigenvalue weighted by Gasteiger charge is 2.50. The summed E-state index contributed by atoms with van der Waals surface area (Å²) in [5, 5.41) is 13.1. The third-order valence-electron chi connectivity index (χ3n) is 6.43. The van der Waals surface area contributed by atoms with E-state index in [-0.39, 0.29) is 29.4 Å². The van der Waals surface area contributed by atoms with E-state index in [0.29, 0.717) is 37.4 Å². The highest BCUT2D eigenvalue weighted by Crippen LogP contribution is 2.38. The zero-order chi connectivity index (χ0) is 20.4. The minimum Gasteiger partial charge on any atom is -0.427 e. The number of benzene rings is 1. The first kappa shape index (κ1) is 19.9. The molecule has 6 nitrogen and oxygen atoms in total. The molecule has 4 rings (SSSR count). The molecular formula is C23H28N2O4. The smallest absolute Gasteiger partial charge is 0.349 e. The average Bonchev–Trinajstić information content (AvgIpc) is 3.26. The van der Waals surface area contributed by atoms with Crippen LogP contribution in [0.1, 0.15) is 33.7 Å². The van der Waals surface area contributed by atoms with E-state index in [1.54, 1.807) is 11.8 Å². The summed E-state index contributed by atoms with van der Waals surface area (Å²) in [5.74, 6) is 0.560. The lowest BCUT2D eigenvalue weighted by Crippen LogP contribution is -2.39. The molecule has 6 heteroatoms. The Bertz CT molecular complexity index is 940. The summed E-state index contributed by atoms with van der Waals surface area (Å²) in [6.45, 7) is 4.36. The lowest BCUT2D eigenvalue weighted by Gasteiger charge is -2.25. The second-order valence-electron chi connectivity index (χ2n) is 8.43. The van der Waals surface area contributed by atoms with Gasteiger partial charge in [-0.05, 0) is 42.9 Å². The number of rotatable bonds is 6. The van der Waals surface area contributed by atoms with E-state index in [1.165, 1.54) is 5.56 Å². The molecule has 2 saturated heterocycles. The van der Waals surface area contributed by atoms with Gasteiger partial charge in [-0.15, -0.1) is 0 Å². The highest BCUT2D eigenvalue weighted by atomic mass is 16.4. The molecule has 1 aromatic heterocycles. The largest absolute Gasteiger partial charge is 0.427 e. The summed E-state index contributed by atoms with van der Waals surface area (Å²) in [5.41, 5.74) is 1.19. The molecule has 1 amide bonds. The molecule has 0 bridgehead atoms. The Morgan fingerprint density at radius 2 is 2.10 bits per heavy atom. The van der Waals surface area contributed by atoms with Crippen LogP contribution in [0.2, 0.25) is 0 Å². The number of nitrogens with one attached hydrogen (secondary N) is 1. The predicted molar refractivity (Wildman–Crippen MR) is 110 cm³/mol. The molecule has 0 saturated carbocycles. The number of fused-ring (bicyclic) bond motifs is 1.